The molecular weight excluding hydrogens is 418 g/mol. The van der Waals surface area contributed by atoms with E-state index in [0.717, 1.165) is 0 Å². The zero-order valence-corrected chi connectivity index (χ0v) is 17.8. The number of rotatable bonds is 6. The maximum Gasteiger partial charge on any atom is 0.276 e. The highest BCUT2D eigenvalue weighted by molar-refractivity contribution is 6.07. The topological polar surface area (TPSA) is 128 Å². The number of nitrogens with zero attached hydrogens (tertiary/aromatic N) is 5. The minimum atomic E-state index is -1.09. The summed E-state index contributed by atoms with van der Waals surface area (Å²) in [6, 6.07) is -0.534. The molecule has 2 aromatic rings. The van der Waals surface area contributed by atoms with Gasteiger partial charge in [-0.15, -0.1) is 0 Å². The summed E-state index contributed by atoms with van der Waals surface area (Å²) in [4.78, 5) is 23.0. The van der Waals surface area contributed by atoms with Gasteiger partial charge in [0.2, 0.25) is 0 Å². The lowest BCUT2D eigenvalue weighted by molar-refractivity contribution is 0.102. The largest absolute Gasteiger partial charge is 0.396 e. The van der Waals surface area contributed by atoms with Crippen molar-refractivity contribution in [2.45, 2.75) is 25.1 Å². The second-order valence-corrected chi connectivity index (χ2v) is 7.42. The van der Waals surface area contributed by atoms with Crippen molar-refractivity contribution < 1.29 is 13.6 Å². The summed E-state index contributed by atoms with van der Waals surface area (Å²) >= 11 is 0. The van der Waals surface area contributed by atoms with E-state index in [0.29, 0.717) is 31.0 Å². The predicted octanol–water partition coefficient (Wildman–Crippen LogP) is 2.36. The first-order chi connectivity index (χ1) is 15.2. The fourth-order valence-electron chi connectivity index (χ4n) is 3.49. The van der Waals surface area contributed by atoms with Crippen molar-refractivity contribution >= 4 is 28.7 Å². The summed E-state index contributed by atoms with van der Waals surface area (Å²) in [5, 5.41) is 6.95. The van der Waals surface area contributed by atoms with Gasteiger partial charge in [0.15, 0.2) is 17.3 Å². The van der Waals surface area contributed by atoms with Crippen LogP contribution in [0.15, 0.2) is 43.5 Å². The first kappa shape index (κ1) is 23.1. The van der Waals surface area contributed by atoms with Crippen molar-refractivity contribution in [3.63, 3.8) is 0 Å². The Bertz CT molecular complexity index is 1050. The number of hydrogen-bond acceptors (Lipinski definition) is 7. The first-order valence-electron chi connectivity index (χ1n) is 10.0. The van der Waals surface area contributed by atoms with Crippen LogP contribution in [0.3, 0.4) is 0 Å². The molecule has 3 heterocycles. The number of amides is 1. The summed E-state index contributed by atoms with van der Waals surface area (Å²) in [7, 11) is 1.72. The van der Waals surface area contributed by atoms with E-state index < -0.39 is 23.9 Å². The monoisotopic (exact) mass is 444 g/mol. The number of alkyl halides is 1. The van der Waals surface area contributed by atoms with E-state index >= 15 is 0 Å². The van der Waals surface area contributed by atoms with Gasteiger partial charge in [-0.25, -0.2) is 18.7 Å². The Morgan fingerprint density at radius 3 is 2.75 bits per heavy atom. The van der Waals surface area contributed by atoms with Gasteiger partial charge in [-0.3, -0.25) is 9.48 Å². The molecule has 0 aliphatic carbocycles. The summed E-state index contributed by atoms with van der Waals surface area (Å²) in [5.74, 6) is -0.852. The number of aryl methyl sites for hydroxylation is 1. The Hall–Kier alpha value is -3.60. The van der Waals surface area contributed by atoms with Crippen LogP contribution >= 0.6 is 0 Å². The summed E-state index contributed by atoms with van der Waals surface area (Å²) in [6.07, 6.45) is 5.05. The second-order valence-electron chi connectivity index (χ2n) is 7.42. The lowest BCUT2D eigenvalue weighted by Crippen LogP contribution is -2.31. The number of aromatic nitrogens is 4. The molecule has 0 saturated carbocycles. The Labute approximate surface area is 184 Å². The number of carbonyl (C=O) groups is 1. The molecule has 9 nitrogen and oxygen atoms in total. The molecule has 170 valence electrons. The van der Waals surface area contributed by atoms with Crippen LogP contribution in [0.25, 0.3) is 5.57 Å². The van der Waals surface area contributed by atoms with Crippen LogP contribution < -0.4 is 21.7 Å². The molecule has 1 aliphatic heterocycles. The maximum absolute atomic E-state index is 14.0. The van der Waals surface area contributed by atoms with E-state index in [9.17, 15) is 13.6 Å². The van der Waals surface area contributed by atoms with Crippen LogP contribution in [-0.2, 0) is 7.05 Å². The number of carbonyl (C=O) groups excluding carboxylic acids is 1. The van der Waals surface area contributed by atoms with E-state index in [1.807, 2.05) is 4.90 Å². The zero-order chi connectivity index (χ0) is 23.4. The van der Waals surface area contributed by atoms with E-state index in [1.54, 1.807) is 11.7 Å². The molecule has 2 aromatic heterocycles. The van der Waals surface area contributed by atoms with E-state index in [1.165, 1.54) is 24.5 Å². The third-order valence-electron chi connectivity index (χ3n) is 5.18. The highest BCUT2D eigenvalue weighted by Crippen LogP contribution is 2.29. The standard InChI is InChI=1S/C21H26F2N8O/c1-4-5-13(12(2)22)19-26-10-16(25)18(29-19)20(32)28-17-11-27-30(3)21(17)31-8-6-14(23)15(24)7-9-31/h4-5,10-11,14-15H,1-2,6-9,24-25H2,3H3,(H,28,32)/b13-5+. The smallest absolute Gasteiger partial charge is 0.276 e. The van der Waals surface area contributed by atoms with Crippen molar-refractivity contribution in [2.24, 2.45) is 12.8 Å². The molecule has 3 rings (SSSR count). The van der Waals surface area contributed by atoms with E-state index in [2.05, 4.69) is 33.5 Å². The van der Waals surface area contributed by atoms with Gasteiger partial charge in [-0.1, -0.05) is 19.2 Å². The van der Waals surface area contributed by atoms with Crippen molar-refractivity contribution in [3.05, 3.63) is 55.0 Å². The molecule has 1 amide bonds. The van der Waals surface area contributed by atoms with Crippen LogP contribution in [0.2, 0.25) is 0 Å². The van der Waals surface area contributed by atoms with Gasteiger partial charge in [0.05, 0.1) is 23.7 Å². The maximum atomic E-state index is 14.0. The lowest BCUT2D eigenvalue weighted by atomic mass is 10.1. The number of nitrogens with one attached hydrogen (secondary N) is 1. The molecule has 1 saturated heterocycles. The lowest BCUT2D eigenvalue weighted by Gasteiger charge is -2.24. The summed E-state index contributed by atoms with van der Waals surface area (Å²) < 4.78 is 29.4. The van der Waals surface area contributed by atoms with Crippen molar-refractivity contribution in [1.29, 1.82) is 0 Å². The molecule has 11 heteroatoms. The zero-order valence-electron chi connectivity index (χ0n) is 17.8. The number of anilines is 3. The molecule has 5 N–H and O–H groups in total. The van der Waals surface area contributed by atoms with Gasteiger partial charge < -0.3 is 21.7 Å². The van der Waals surface area contributed by atoms with Crippen molar-refractivity contribution in [3.8, 4) is 0 Å². The van der Waals surface area contributed by atoms with Crippen molar-refractivity contribution in [2.75, 3.05) is 29.0 Å². The molecule has 2 unspecified atom stereocenters. The molecule has 0 spiro atoms. The SMILES string of the molecule is C=C/C=C(\C(=C)F)c1ncc(N)c(C(=O)Nc2cnn(C)c2N2CCC(N)C(F)CC2)n1. The highest BCUT2D eigenvalue weighted by atomic mass is 19.1. The van der Waals surface area contributed by atoms with E-state index in [4.69, 9.17) is 11.5 Å². The van der Waals surface area contributed by atoms with Gasteiger partial charge in [0, 0.05) is 26.2 Å². The average Bonchev–Trinajstić information content (AvgIpc) is 3.02. The Morgan fingerprint density at radius 1 is 1.34 bits per heavy atom. The molecular formula is C21H26F2N8O. The Morgan fingerprint density at radius 2 is 2.06 bits per heavy atom. The van der Waals surface area contributed by atoms with Crippen molar-refractivity contribution in [1.82, 2.24) is 19.7 Å². The average molecular weight is 444 g/mol. The first-order valence-corrected chi connectivity index (χ1v) is 10.0. The second kappa shape index (κ2) is 9.69. The number of nitrogens with two attached hydrogens (primary N) is 2. The molecule has 32 heavy (non-hydrogen) atoms. The van der Waals surface area contributed by atoms with Crippen LogP contribution in [-0.4, -0.2) is 51.0 Å². The van der Waals surface area contributed by atoms with Crippen LogP contribution in [0.5, 0.6) is 0 Å². The highest BCUT2D eigenvalue weighted by Gasteiger charge is 2.27. The minimum Gasteiger partial charge on any atom is -0.396 e. The van der Waals surface area contributed by atoms with Gasteiger partial charge in [0.1, 0.15) is 17.7 Å². The van der Waals surface area contributed by atoms with Gasteiger partial charge in [0.25, 0.3) is 5.91 Å². The van der Waals surface area contributed by atoms with Gasteiger partial charge in [-0.05, 0) is 18.9 Å². The molecule has 0 aromatic carbocycles. The summed E-state index contributed by atoms with van der Waals surface area (Å²) in [6.45, 7) is 7.71. The fraction of sp³-hybridized carbons (Fsp3) is 0.333. The quantitative estimate of drug-likeness (QED) is 0.584. The van der Waals surface area contributed by atoms with Crippen LogP contribution in [0.1, 0.15) is 29.2 Å². The van der Waals surface area contributed by atoms with Gasteiger partial charge in [-0.2, -0.15) is 5.10 Å². The minimum absolute atomic E-state index is 0.0140. The third kappa shape index (κ3) is 4.83. The van der Waals surface area contributed by atoms with Gasteiger partial charge >= 0.3 is 0 Å². The normalized spacial score (nSPS) is 19.4. The molecule has 0 bridgehead atoms. The number of nitrogen functional groups attached to an aromatic ring is 1. The Balaban J connectivity index is 1.89. The fourth-order valence-corrected chi connectivity index (χ4v) is 3.49. The Kier molecular flexibility index (Phi) is 6.98. The third-order valence-corrected chi connectivity index (χ3v) is 5.18. The molecule has 1 aliphatic rings. The van der Waals surface area contributed by atoms with Crippen LogP contribution in [0, 0.1) is 0 Å². The summed E-state index contributed by atoms with van der Waals surface area (Å²) in [5.41, 5.74) is 12.0. The molecule has 2 atom stereocenters. The number of hydrogen-bond donors (Lipinski definition) is 3. The molecule has 1 fully saturated rings. The predicted molar refractivity (Wildman–Crippen MR) is 120 cm³/mol. The number of halogens is 2. The van der Waals surface area contributed by atoms with E-state index in [-0.39, 0.29) is 29.2 Å². The van der Waals surface area contributed by atoms with Crippen LogP contribution in [0.4, 0.5) is 26.0 Å². The molecule has 0 radical (unpaired) electrons. The number of allylic oxidation sites excluding steroid dienone is 4.